The summed E-state index contributed by atoms with van der Waals surface area (Å²) in [6, 6.07) is 16.3. The minimum Gasteiger partial charge on any atom is -0.444 e. The van der Waals surface area contributed by atoms with Gasteiger partial charge < -0.3 is 4.74 Å². The molecule has 0 bridgehead atoms. The van der Waals surface area contributed by atoms with Crippen molar-refractivity contribution in [2.75, 3.05) is 5.32 Å². The molecule has 1 N–H and O–H groups in total. The van der Waals surface area contributed by atoms with E-state index in [4.69, 9.17) is 16.3 Å². The van der Waals surface area contributed by atoms with Crippen LogP contribution in [0.15, 0.2) is 54.6 Å². The van der Waals surface area contributed by atoms with E-state index in [-0.39, 0.29) is 6.61 Å². The first-order valence-electron chi connectivity index (χ1n) is 5.47. The Morgan fingerprint density at radius 2 is 1.72 bits per heavy atom. The average molecular weight is 262 g/mol. The molecule has 18 heavy (non-hydrogen) atoms. The molecule has 2 aromatic carbocycles. The predicted molar refractivity (Wildman–Crippen MR) is 71.7 cm³/mol. The van der Waals surface area contributed by atoms with E-state index in [2.05, 4.69) is 5.32 Å². The van der Waals surface area contributed by atoms with E-state index in [1.807, 2.05) is 30.3 Å². The van der Waals surface area contributed by atoms with E-state index in [0.717, 1.165) is 5.56 Å². The molecule has 0 aliphatic rings. The van der Waals surface area contributed by atoms with Crippen LogP contribution in [0.5, 0.6) is 0 Å². The molecule has 0 saturated carbocycles. The van der Waals surface area contributed by atoms with Gasteiger partial charge in [-0.2, -0.15) is 0 Å². The van der Waals surface area contributed by atoms with Crippen LogP contribution in [0.2, 0.25) is 5.02 Å². The molecule has 0 atom stereocenters. The second-order valence-corrected chi connectivity index (χ2v) is 4.13. The molecule has 0 unspecified atom stereocenters. The third-order valence-electron chi connectivity index (χ3n) is 2.30. The molecule has 0 saturated heterocycles. The highest BCUT2D eigenvalue weighted by Gasteiger charge is 2.03. The lowest BCUT2D eigenvalue weighted by Gasteiger charge is -2.07. The number of hydrogen-bond acceptors (Lipinski definition) is 2. The fraction of sp³-hybridized carbons (Fsp3) is 0.0714. The molecule has 92 valence electrons. The fourth-order valence-corrected chi connectivity index (χ4v) is 1.54. The third kappa shape index (κ3) is 3.79. The fourth-order valence-electron chi connectivity index (χ4n) is 1.41. The molecule has 0 aliphatic heterocycles. The van der Waals surface area contributed by atoms with Gasteiger partial charge in [0.25, 0.3) is 0 Å². The maximum atomic E-state index is 11.5. The van der Waals surface area contributed by atoms with Gasteiger partial charge in [-0.05, 0) is 29.8 Å². The van der Waals surface area contributed by atoms with Crippen molar-refractivity contribution < 1.29 is 9.53 Å². The monoisotopic (exact) mass is 261 g/mol. The van der Waals surface area contributed by atoms with Crippen LogP contribution in [0.1, 0.15) is 5.56 Å². The number of halogens is 1. The van der Waals surface area contributed by atoms with E-state index in [0.29, 0.717) is 10.7 Å². The second-order valence-electron chi connectivity index (χ2n) is 3.69. The van der Waals surface area contributed by atoms with Crippen LogP contribution in [0, 0.1) is 0 Å². The Labute approximate surface area is 110 Å². The smallest absolute Gasteiger partial charge is 0.411 e. The Morgan fingerprint density at radius 1 is 1.06 bits per heavy atom. The Kier molecular flexibility index (Phi) is 4.20. The lowest BCUT2D eigenvalue weighted by atomic mass is 10.2. The van der Waals surface area contributed by atoms with E-state index in [1.54, 1.807) is 24.3 Å². The summed E-state index contributed by atoms with van der Waals surface area (Å²) < 4.78 is 5.08. The van der Waals surface area contributed by atoms with Crippen LogP contribution in [-0.2, 0) is 11.3 Å². The number of hydrogen-bond donors (Lipinski definition) is 1. The third-order valence-corrected chi connectivity index (χ3v) is 2.56. The first-order chi connectivity index (χ1) is 8.74. The zero-order valence-corrected chi connectivity index (χ0v) is 10.4. The first-order valence-corrected chi connectivity index (χ1v) is 5.85. The summed E-state index contributed by atoms with van der Waals surface area (Å²) in [6.45, 7) is 0.250. The highest BCUT2D eigenvalue weighted by atomic mass is 35.5. The maximum absolute atomic E-state index is 11.5. The van der Waals surface area contributed by atoms with Crippen LogP contribution in [0.4, 0.5) is 10.5 Å². The van der Waals surface area contributed by atoms with Gasteiger partial charge in [-0.3, -0.25) is 5.32 Å². The van der Waals surface area contributed by atoms with Gasteiger partial charge in [0.2, 0.25) is 0 Å². The van der Waals surface area contributed by atoms with Gasteiger partial charge in [-0.15, -0.1) is 0 Å². The summed E-state index contributed by atoms with van der Waals surface area (Å²) >= 11 is 5.75. The summed E-state index contributed by atoms with van der Waals surface area (Å²) in [6.07, 6.45) is -0.485. The highest BCUT2D eigenvalue weighted by molar-refractivity contribution is 6.30. The molecule has 4 heteroatoms. The van der Waals surface area contributed by atoms with Gasteiger partial charge in [0.05, 0.1) is 0 Å². The van der Waals surface area contributed by atoms with Gasteiger partial charge in [0, 0.05) is 10.7 Å². The van der Waals surface area contributed by atoms with Crippen molar-refractivity contribution >= 4 is 23.4 Å². The Morgan fingerprint density at radius 3 is 2.39 bits per heavy atom. The second kappa shape index (κ2) is 6.07. The lowest BCUT2D eigenvalue weighted by Crippen LogP contribution is -2.13. The lowest BCUT2D eigenvalue weighted by molar-refractivity contribution is 0.155. The molecule has 2 aromatic rings. The van der Waals surface area contributed by atoms with Crippen molar-refractivity contribution in [2.24, 2.45) is 0 Å². The minimum absolute atomic E-state index is 0.250. The molecule has 1 amide bonds. The number of amides is 1. The van der Waals surface area contributed by atoms with Crippen molar-refractivity contribution in [3.05, 3.63) is 65.2 Å². The molecular weight excluding hydrogens is 250 g/mol. The molecular formula is C14H12ClNO2. The summed E-state index contributed by atoms with van der Waals surface area (Å²) in [7, 11) is 0. The standard InChI is InChI=1S/C14H12ClNO2/c15-12-6-8-13(9-7-12)16-14(17)18-10-11-4-2-1-3-5-11/h1-9H,10H2,(H,16,17). The number of benzene rings is 2. The van der Waals surface area contributed by atoms with Crippen molar-refractivity contribution in [3.8, 4) is 0 Å². The molecule has 0 aliphatic carbocycles. The zero-order valence-electron chi connectivity index (χ0n) is 9.60. The number of rotatable bonds is 3. The van der Waals surface area contributed by atoms with Crippen LogP contribution in [0.25, 0.3) is 0 Å². The van der Waals surface area contributed by atoms with E-state index in [9.17, 15) is 4.79 Å². The largest absolute Gasteiger partial charge is 0.444 e. The SMILES string of the molecule is O=C(Nc1ccc(Cl)cc1)OCc1ccccc1. The van der Waals surface area contributed by atoms with E-state index < -0.39 is 6.09 Å². The van der Waals surface area contributed by atoms with E-state index >= 15 is 0 Å². The normalized spacial score (nSPS) is 9.83. The topological polar surface area (TPSA) is 38.3 Å². The Balaban J connectivity index is 1.84. The average Bonchev–Trinajstić information content (AvgIpc) is 2.40. The van der Waals surface area contributed by atoms with Crippen molar-refractivity contribution in [2.45, 2.75) is 6.61 Å². The van der Waals surface area contributed by atoms with Crippen LogP contribution in [-0.4, -0.2) is 6.09 Å². The molecule has 0 radical (unpaired) electrons. The van der Waals surface area contributed by atoms with Crippen LogP contribution < -0.4 is 5.32 Å². The highest BCUT2D eigenvalue weighted by Crippen LogP contribution is 2.13. The Hall–Kier alpha value is -2.00. The number of ether oxygens (including phenoxy) is 1. The zero-order chi connectivity index (χ0) is 12.8. The quantitative estimate of drug-likeness (QED) is 0.904. The van der Waals surface area contributed by atoms with Crippen molar-refractivity contribution in [1.29, 1.82) is 0 Å². The summed E-state index contributed by atoms with van der Waals surface area (Å²) in [5, 5.41) is 3.24. The summed E-state index contributed by atoms with van der Waals surface area (Å²) in [4.78, 5) is 11.5. The first kappa shape index (κ1) is 12.5. The van der Waals surface area contributed by atoms with Crippen molar-refractivity contribution in [1.82, 2.24) is 0 Å². The predicted octanol–water partition coefficient (Wildman–Crippen LogP) is 4.09. The molecule has 0 aromatic heterocycles. The van der Waals surface area contributed by atoms with Gasteiger partial charge in [0.15, 0.2) is 0 Å². The molecule has 3 nitrogen and oxygen atoms in total. The van der Waals surface area contributed by atoms with Crippen LogP contribution >= 0.6 is 11.6 Å². The maximum Gasteiger partial charge on any atom is 0.411 e. The Bertz CT molecular complexity index is 511. The van der Waals surface area contributed by atoms with Gasteiger partial charge in [-0.25, -0.2) is 4.79 Å². The van der Waals surface area contributed by atoms with Gasteiger partial charge in [0.1, 0.15) is 6.61 Å². The molecule has 0 heterocycles. The van der Waals surface area contributed by atoms with Gasteiger partial charge >= 0.3 is 6.09 Å². The van der Waals surface area contributed by atoms with Crippen molar-refractivity contribution in [3.63, 3.8) is 0 Å². The molecule has 0 spiro atoms. The summed E-state index contributed by atoms with van der Waals surface area (Å²) in [5.74, 6) is 0. The molecule has 2 rings (SSSR count). The van der Waals surface area contributed by atoms with Gasteiger partial charge in [-0.1, -0.05) is 41.9 Å². The number of carbonyl (C=O) groups excluding carboxylic acids is 1. The number of carbonyl (C=O) groups is 1. The van der Waals surface area contributed by atoms with Crippen LogP contribution in [0.3, 0.4) is 0 Å². The number of nitrogens with one attached hydrogen (secondary N) is 1. The minimum atomic E-state index is -0.485. The summed E-state index contributed by atoms with van der Waals surface area (Å²) in [5.41, 5.74) is 1.60. The van der Waals surface area contributed by atoms with E-state index in [1.165, 1.54) is 0 Å². The molecule has 0 fully saturated rings. The number of anilines is 1.